The zero-order valence-electron chi connectivity index (χ0n) is 8.24. The van der Waals surface area contributed by atoms with Crippen LogP contribution in [0.5, 0.6) is 11.5 Å². The van der Waals surface area contributed by atoms with Gasteiger partial charge in [0, 0.05) is 0 Å². The first-order valence-corrected chi connectivity index (χ1v) is 4.76. The number of carbonyl (C=O) groups excluding carboxylic acids is 1. The first-order valence-electron chi connectivity index (χ1n) is 4.38. The van der Waals surface area contributed by atoms with E-state index in [-0.39, 0.29) is 23.1 Å². The lowest BCUT2D eigenvalue weighted by molar-refractivity contribution is -0.131. The molecule has 0 bridgehead atoms. The summed E-state index contributed by atoms with van der Waals surface area (Å²) in [5.41, 5.74) is 0.389. The lowest BCUT2D eigenvalue weighted by atomic mass is 10.0. The Morgan fingerprint density at radius 1 is 1.44 bits per heavy atom. The average Bonchev–Trinajstić information content (AvgIpc) is 2.65. The average molecular weight is 243 g/mol. The van der Waals surface area contributed by atoms with E-state index in [1.807, 2.05) is 0 Å². The minimum Gasteiger partial charge on any atom is -0.475 e. The van der Waals surface area contributed by atoms with Crippen molar-refractivity contribution in [3.8, 4) is 11.5 Å². The maximum Gasteiger partial charge on any atom is 0.377 e. The molecule has 0 aromatic heterocycles. The lowest BCUT2D eigenvalue weighted by Crippen LogP contribution is -2.14. The largest absolute Gasteiger partial charge is 0.475 e. The third-order valence-corrected chi connectivity index (χ3v) is 2.58. The number of fused-ring (bicyclic) bond motifs is 1. The summed E-state index contributed by atoms with van der Waals surface area (Å²) in [7, 11) is 0. The van der Waals surface area contributed by atoms with Gasteiger partial charge in [0.05, 0.1) is 10.6 Å². The number of ketones is 1. The molecule has 0 aliphatic carbocycles. The van der Waals surface area contributed by atoms with E-state index in [2.05, 4.69) is 0 Å². The van der Waals surface area contributed by atoms with Crippen LogP contribution in [0, 0.1) is 6.92 Å². The Morgan fingerprint density at radius 3 is 2.75 bits per heavy atom. The second-order valence-corrected chi connectivity index (χ2v) is 3.63. The first-order chi connectivity index (χ1) is 7.52. The molecule has 1 N–H and O–H groups in total. The predicted octanol–water partition coefficient (Wildman–Crippen LogP) is 1.64. The summed E-state index contributed by atoms with van der Waals surface area (Å²) in [6.07, 6.45) is 0. The van der Waals surface area contributed by atoms with Crippen LogP contribution in [-0.4, -0.2) is 23.7 Å². The van der Waals surface area contributed by atoms with Crippen molar-refractivity contribution in [3.63, 3.8) is 0 Å². The van der Waals surface area contributed by atoms with E-state index in [0.29, 0.717) is 11.3 Å². The Kier molecular flexibility index (Phi) is 2.47. The molecule has 5 nitrogen and oxygen atoms in total. The van der Waals surface area contributed by atoms with Crippen molar-refractivity contribution in [1.29, 1.82) is 0 Å². The van der Waals surface area contributed by atoms with Crippen LogP contribution < -0.4 is 9.47 Å². The van der Waals surface area contributed by atoms with Crippen molar-refractivity contribution in [3.05, 3.63) is 22.2 Å². The van der Waals surface area contributed by atoms with Gasteiger partial charge in [0.15, 0.2) is 11.5 Å². The molecule has 84 valence electrons. The molecule has 0 amide bonds. The quantitative estimate of drug-likeness (QED) is 0.631. The number of Topliss-reactive ketones (excluding diaryl/α,β-unsaturated/α-hetero) is 1. The van der Waals surface area contributed by atoms with E-state index in [4.69, 9.17) is 26.2 Å². The van der Waals surface area contributed by atoms with Crippen molar-refractivity contribution in [2.75, 3.05) is 6.79 Å². The summed E-state index contributed by atoms with van der Waals surface area (Å²) < 4.78 is 10.1. The van der Waals surface area contributed by atoms with E-state index in [1.54, 1.807) is 6.92 Å². The normalized spacial score (nSPS) is 12.6. The fraction of sp³-hybridized carbons (Fsp3) is 0.200. The van der Waals surface area contributed by atoms with Gasteiger partial charge in [-0.1, -0.05) is 11.6 Å². The number of carbonyl (C=O) groups is 2. The zero-order valence-corrected chi connectivity index (χ0v) is 9.00. The van der Waals surface area contributed by atoms with E-state index in [9.17, 15) is 9.59 Å². The van der Waals surface area contributed by atoms with Crippen LogP contribution >= 0.6 is 11.6 Å². The summed E-state index contributed by atoms with van der Waals surface area (Å²) in [4.78, 5) is 22.0. The highest BCUT2D eigenvalue weighted by Crippen LogP contribution is 2.42. The molecule has 16 heavy (non-hydrogen) atoms. The van der Waals surface area contributed by atoms with Gasteiger partial charge in [-0.05, 0) is 18.6 Å². The molecule has 0 saturated heterocycles. The summed E-state index contributed by atoms with van der Waals surface area (Å²) in [5.74, 6) is -1.97. The Hall–Kier alpha value is -1.75. The van der Waals surface area contributed by atoms with Crippen LogP contribution in [0.4, 0.5) is 0 Å². The predicted molar refractivity (Wildman–Crippen MR) is 54.3 cm³/mol. The number of halogens is 1. The number of aryl methyl sites for hydroxylation is 1. The number of carboxylic acid groups (broad SMARTS) is 1. The monoisotopic (exact) mass is 242 g/mol. The van der Waals surface area contributed by atoms with Gasteiger partial charge in [-0.15, -0.1) is 0 Å². The first kappa shape index (κ1) is 10.8. The van der Waals surface area contributed by atoms with Crippen LogP contribution in [0.15, 0.2) is 6.07 Å². The van der Waals surface area contributed by atoms with Gasteiger partial charge in [0.2, 0.25) is 6.79 Å². The molecule has 6 heteroatoms. The van der Waals surface area contributed by atoms with Gasteiger partial charge in [-0.3, -0.25) is 4.79 Å². The fourth-order valence-electron chi connectivity index (χ4n) is 1.51. The van der Waals surface area contributed by atoms with Crippen molar-refractivity contribution in [2.24, 2.45) is 0 Å². The molecule has 1 aliphatic rings. The Morgan fingerprint density at radius 2 is 2.12 bits per heavy atom. The fourth-order valence-corrected chi connectivity index (χ4v) is 1.89. The smallest absolute Gasteiger partial charge is 0.377 e. The summed E-state index contributed by atoms with van der Waals surface area (Å²) >= 11 is 5.91. The van der Waals surface area contributed by atoms with Crippen LogP contribution in [0.2, 0.25) is 5.02 Å². The summed E-state index contributed by atoms with van der Waals surface area (Å²) in [6.45, 7) is 1.60. The van der Waals surface area contributed by atoms with Gasteiger partial charge in [-0.2, -0.15) is 0 Å². The molecule has 1 aromatic carbocycles. The van der Waals surface area contributed by atoms with Gasteiger partial charge in [0.25, 0.3) is 5.78 Å². The number of aliphatic carboxylic acids is 1. The molecule has 0 saturated carbocycles. The van der Waals surface area contributed by atoms with E-state index < -0.39 is 11.8 Å². The van der Waals surface area contributed by atoms with E-state index in [1.165, 1.54) is 6.07 Å². The number of rotatable bonds is 2. The van der Waals surface area contributed by atoms with Crippen molar-refractivity contribution >= 4 is 23.4 Å². The summed E-state index contributed by atoms with van der Waals surface area (Å²) in [6, 6.07) is 1.53. The highest BCUT2D eigenvalue weighted by molar-refractivity contribution is 6.46. The van der Waals surface area contributed by atoms with Gasteiger partial charge in [0.1, 0.15) is 0 Å². The maximum absolute atomic E-state index is 11.4. The Balaban J connectivity index is 2.63. The molecule has 1 aliphatic heterocycles. The van der Waals surface area contributed by atoms with Crippen molar-refractivity contribution < 1.29 is 24.2 Å². The minimum absolute atomic E-state index is 0.0131. The molecule has 0 spiro atoms. The SMILES string of the molecule is Cc1cc2c(c(Cl)c1C(=O)C(=O)O)OCO2. The highest BCUT2D eigenvalue weighted by atomic mass is 35.5. The van der Waals surface area contributed by atoms with Crippen LogP contribution in [0.3, 0.4) is 0 Å². The molecule has 0 atom stereocenters. The highest BCUT2D eigenvalue weighted by Gasteiger charge is 2.28. The molecule has 1 aromatic rings. The number of hydrogen-bond acceptors (Lipinski definition) is 4. The number of hydrogen-bond donors (Lipinski definition) is 1. The third-order valence-electron chi connectivity index (χ3n) is 2.22. The van der Waals surface area contributed by atoms with Crippen LogP contribution in [0.1, 0.15) is 15.9 Å². The molecular weight excluding hydrogens is 236 g/mol. The van der Waals surface area contributed by atoms with Crippen LogP contribution in [-0.2, 0) is 4.79 Å². The topological polar surface area (TPSA) is 72.8 Å². The number of ether oxygens (including phenoxy) is 2. The number of benzene rings is 1. The zero-order chi connectivity index (χ0) is 11.9. The molecule has 0 unspecified atom stereocenters. The van der Waals surface area contributed by atoms with Gasteiger partial charge >= 0.3 is 5.97 Å². The Labute approximate surface area is 95.5 Å². The van der Waals surface area contributed by atoms with Gasteiger partial charge < -0.3 is 14.6 Å². The summed E-state index contributed by atoms with van der Waals surface area (Å²) in [5, 5.41) is 8.64. The molecule has 0 fully saturated rings. The maximum atomic E-state index is 11.4. The van der Waals surface area contributed by atoms with Gasteiger partial charge in [-0.25, -0.2) is 4.79 Å². The Bertz CT molecular complexity index is 494. The van der Waals surface area contributed by atoms with E-state index >= 15 is 0 Å². The molecular formula is C10H7ClO5. The second kappa shape index (κ2) is 3.68. The second-order valence-electron chi connectivity index (χ2n) is 3.25. The van der Waals surface area contributed by atoms with Crippen molar-refractivity contribution in [2.45, 2.75) is 6.92 Å². The number of carboxylic acids is 1. The third kappa shape index (κ3) is 1.49. The van der Waals surface area contributed by atoms with E-state index in [0.717, 1.165) is 0 Å². The minimum atomic E-state index is -1.55. The van der Waals surface area contributed by atoms with Crippen molar-refractivity contribution in [1.82, 2.24) is 0 Å². The van der Waals surface area contributed by atoms with Crippen LogP contribution in [0.25, 0.3) is 0 Å². The molecule has 1 heterocycles. The standard InChI is InChI=1S/C10H7ClO5/c1-4-2-5-9(16-3-15-5)7(11)6(4)8(12)10(13)14/h2H,3H2,1H3,(H,13,14). The molecule has 2 rings (SSSR count). The molecule has 0 radical (unpaired) electrons. The lowest BCUT2D eigenvalue weighted by Gasteiger charge is -2.07.